The van der Waals surface area contributed by atoms with E-state index in [2.05, 4.69) is 31.7 Å². The van der Waals surface area contributed by atoms with E-state index in [1.54, 1.807) is 7.11 Å². The van der Waals surface area contributed by atoms with E-state index in [-0.39, 0.29) is 5.92 Å². The SMILES string of the molecule is COc1ccccc1C1CC1C(=O)N1CCCC(C(C)(C)C)CC1. The Balaban J connectivity index is 1.62. The number of hydrogen-bond donors (Lipinski definition) is 0. The summed E-state index contributed by atoms with van der Waals surface area (Å²) in [5.41, 5.74) is 1.54. The second kappa shape index (κ2) is 6.78. The Hall–Kier alpha value is -1.51. The maximum atomic E-state index is 12.9. The molecule has 2 aliphatic rings. The van der Waals surface area contributed by atoms with E-state index < -0.39 is 0 Å². The Kier molecular flexibility index (Phi) is 4.89. The smallest absolute Gasteiger partial charge is 0.226 e. The molecule has 3 unspecified atom stereocenters. The van der Waals surface area contributed by atoms with Crippen LogP contribution in [0.4, 0.5) is 0 Å². The first-order chi connectivity index (χ1) is 11.4. The van der Waals surface area contributed by atoms with Crippen molar-refractivity contribution in [3.8, 4) is 5.75 Å². The minimum absolute atomic E-state index is 0.160. The Morgan fingerprint density at radius 3 is 2.62 bits per heavy atom. The second-order valence-corrected chi connectivity index (χ2v) is 8.51. The van der Waals surface area contributed by atoms with Crippen LogP contribution in [0.3, 0.4) is 0 Å². The lowest BCUT2D eigenvalue weighted by atomic mass is 9.77. The molecule has 1 amide bonds. The van der Waals surface area contributed by atoms with Crippen molar-refractivity contribution in [2.24, 2.45) is 17.3 Å². The van der Waals surface area contributed by atoms with Crippen molar-refractivity contribution < 1.29 is 9.53 Å². The molecule has 3 heteroatoms. The molecule has 0 N–H and O–H groups in total. The van der Waals surface area contributed by atoms with Gasteiger partial charge in [0.25, 0.3) is 0 Å². The summed E-state index contributed by atoms with van der Waals surface area (Å²) >= 11 is 0. The first-order valence-electron chi connectivity index (χ1n) is 9.33. The number of nitrogens with zero attached hydrogens (tertiary/aromatic N) is 1. The molecular weight excluding hydrogens is 298 g/mol. The van der Waals surface area contributed by atoms with Gasteiger partial charge in [-0.25, -0.2) is 0 Å². The third kappa shape index (κ3) is 3.60. The fourth-order valence-electron chi connectivity index (χ4n) is 4.20. The summed E-state index contributed by atoms with van der Waals surface area (Å²) in [5.74, 6) is 2.50. The third-order valence-corrected chi connectivity index (χ3v) is 5.91. The van der Waals surface area contributed by atoms with Gasteiger partial charge in [-0.15, -0.1) is 0 Å². The molecule has 0 spiro atoms. The lowest BCUT2D eigenvalue weighted by Crippen LogP contribution is -2.34. The van der Waals surface area contributed by atoms with E-state index in [0.717, 1.165) is 44.0 Å². The van der Waals surface area contributed by atoms with Crippen molar-refractivity contribution >= 4 is 5.91 Å². The highest BCUT2D eigenvalue weighted by Crippen LogP contribution is 2.51. The standard InChI is InChI=1S/C21H31NO2/c1-21(2,3)15-8-7-12-22(13-11-15)20(23)18-14-17(18)16-9-5-6-10-19(16)24-4/h5-6,9-10,15,17-18H,7-8,11-14H2,1-4H3. The van der Waals surface area contributed by atoms with Crippen LogP contribution in [0.2, 0.25) is 0 Å². The lowest BCUT2D eigenvalue weighted by molar-refractivity contribution is -0.132. The summed E-state index contributed by atoms with van der Waals surface area (Å²) in [4.78, 5) is 15.1. The topological polar surface area (TPSA) is 29.5 Å². The van der Waals surface area contributed by atoms with Crippen LogP contribution in [-0.2, 0) is 4.79 Å². The number of carbonyl (C=O) groups excluding carboxylic acids is 1. The summed E-state index contributed by atoms with van der Waals surface area (Å²) in [6, 6.07) is 8.13. The van der Waals surface area contributed by atoms with E-state index in [9.17, 15) is 4.79 Å². The van der Waals surface area contributed by atoms with Gasteiger partial charge in [-0.05, 0) is 54.6 Å². The van der Waals surface area contributed by atoms with Crippen LogP contribution in [0.5, 0.6) is 5.75 Å². The van der Waals surface area contributed by atoms with Crippen LogP contribution in [0, 0.1) is 17.3 Å². The van der Waals surface area contributed by atoms with Gasteiger partial charge >= 0.3 is 0 Å². The molecular formula is C21H31NO2. The van der Waals surface area contributed by atoms with Gasteiger partial charge in [-0.3, -0.25) is 4.79 Å². The molecule has 1 saturated heterocycles. The van der Waals surface area contributed by atoms with Gasteiger partial charge in [0.2, 0.25) is 5.91 Å². The van der Waals surface area contributed by atoms with Crippen LogP contribution >= 0.6 is 0 Å². The predicted octanol–water partition coefficient (Wildman–Crippen LogP) is 4.47. The molecule has 0 bridgehead atoms. The number of amides is 1. The largest absolute Gasteiger partial charge is 0.496 e. The number of likely N-dealkylation sites (tertiary alicyclic amines) is 1. The molecule has 1 aliphatic heterocycles. The zero-order chi connectivity index (χ0) is 17.3. The molecule has 2 fully saturated rings. The molecule has 1 aromatic rings. The summed E-state index contributed by atoms with van der Waals surface area (Å²) in [6.45, 7) is 8.84. The molecule has 0 radical (unpaired) electrons. The van der Waals surface area contributed by atoms with Crippen LogP contribution in [-0.4, -0.2) is 31.0 Å². The number of hydrogen-bond acceptors (Lipinski definition) is 2. The quantitative estimate of drug-likeness (QED) is 0.818. The van der Waals surface area contributed by atoms with Gasteiger partial charge in [0.15, 0.2) is 0 Å². The summed E-state index contributed by atoms with van der Waals surface area (Å²) in [6.07, 6.45) is 4.49. The fourth-order valence-corrected chi connectivity index (χ4v) is 4.20. The van der Waals surface area contributed by atoms with Gasteiger partial charge < -0.3 is 9.64 Å². The molecule has 1 heterocycles. The van der Waals surface area contributed by atoms with Crippen LogP contribution in [0.15, 0.2) is 24.3 Å². The molecule has 132 valence electrons. The van der Waals surface area contributed by atoms with Crippen molar-refractivity contribution in [3.63, 3.8) is 0 Å². The average Bonchev–Trinajstić information content (AvgIpc) is 3.36. The Morgan fingerprint density at radius 2 is 1.92 bits per heavy atom. The van der Waals surface area contributed by atoms with Gasteiger partial charge in [0.05, 0.1) is 7.11 Å². The lowest BCUT2D eigenvalue weighted by Gasteiger charge is -2.29. The molecule has 1 saturated carbocycles. The number of ether oxygens (including phenoxy) is 1. The highest BCUT2D eigenvalue weighted by atomic mass is 16.5. The molecule has 1 aromatic carbocycles. The van der Waals surface area contributed by atoms with Crippen molar-refractivity contribution in [1.82, 2.24) is 4.90 Å². The maximum Gasteiger partial charge on any atom is 0.226 e. The summed E-state index contributed by atoms with van der Waals surface area (Å²) in [5, 5.41) is 0. The number of carbonyl (C=O) groups is 1. The van der Waals surface area contributed by atoms with E-state index >= 15 is 0 Å². The highest BCUT2D eigenvalue weighted by molar-refractivity contribution is 5.83. The summed E-state index contributed by atoms with van der Waals surface area (Å²) < 4.78 is 5.47. The van der Waals surface area contributed by atoms with E-state index in [1.807, 2.05) is 18.2 Å². The monoisotopic (exact) mass is 329 g/mol. The fraction of sp³-hybridized carbons (Fsp3) is 0.667. The number of rotatable bonds is 3. The zero-order valence-electron chi connectivity index (χ0n) is 15.5. The van der Waals surface area contributed by atoms with E-state index in [0.29, 0.717) is 17.2 Å². The van der Waals surface area contributed by atoms with Crippen molar-refractivity contribution in [1.29, 1.82) is 0 Å². The molecule has 3 atom stereocenters. The molecule has 24 heavy (non-hydrogen) atoms. The van der Waals surface area contributed by atoms with Crippen LogP contribution < -0.4 is 4.74 Å². The van der Waals surface area contributed by atoms with Gasteiger partial charge in [-0.1, -0.05) is 39.0 Å². The molecule has 3 rings (SSSR count). The first kappa shape index (κ1) is 17.3. The van der Waals surface area contributed by atoms with E-state index in [1.165, 1.54) is 12.0 Å². The number of benzene rings is 1. The first-order valence-corrected chi connectivity index (χ1v) is 9.33. The van der Waals surface area contributed by atoms with Crippen molar-refractivity contribution in [2.75, 3.05) is 20.2 Å². The summed E-state index contributed by atoms with van der Waals surface area (Å²) in [7, 11) is 1.71. The number of para-hydroxylation sites is 1. The van der Waals surface area contributed by atoms with E-state index in [4.69, 9.17) is 4.74 Å². The maximum absolute atomic E-state index is 12.9. The van der Waals surface area contributed by atoms with Crippen molar-refractivity contribution in [3.05, 3.63) is 29.8 Å². The van der Waals surface area contributed by atoms with Crippen molar-refractivity contribution in [2.45, 2.75) is 52.4 Å². The van der Waals surface area contributed by atoms with Gasteiger partial charge in [-0.2, -0.15) is 0 Å². The molecule has 3 nitrogen and oxygen atoms in total. The van der Waals surface area contributed by atoms with Crippen LogP contribution in [0.1, 0.15) is 57.9 Å². The minimum Gasteiger partial charge on any atom is -0.496 e. The van der Waals surface area contributed by atoms with Gasteiger partial charge in [0.1, 0.15) is 5.75 Å². The number of methoxy groups -OCH3 is 1. The Bertz CT molecular complexity index is 590. The Labute approximate surface area is 146 Å². The normalized spacial score (nSPS) is 27.5. The minimum atomic E-state index is 0.160. The highest BCUT2D eigenvalue weighted by Gasteiger charge is 2.47. The Morgan fingerprint density at radius 1 is 1.17 bits per heavy atom. The molecule has 0 aromatic heterocycles. The third-order valence-electron chi connectivity index (χ3n) is 5.91. The average molecular weight is 329 g/mol. The van der Waals surface area contributed by atoms with Crippen LogP contribution in [0.25, 0.3) is 0 Å². The zero-order valence-corrected chi connectivity index (χ0v) is 15.5. The second-order valence-electron chi connectivity index (χ2n) is 8.51. The predicted molar refractivity (Wildman–Crippen MR) is 97.2 cm³/mol. The van der Waals surface area contributed by atoms with Gasteiger partial charge in [0, 0.05) is 19.0 Å². The molecule has 1 aliphatic carbocycles.